The molecule has 0 amide bonds. The van der Waals surface area contributed by atoms with E-state index in [2.05, 4.69) is 38.1 Å². The van der Waals surface area contributed by atoms with Crippen LogP contribution < -0.4 is 10.1 Å². The van der Waals surface area contributed by atoms with Crippen LogP contribution in [0.2, 0.25) is 0 Å². The minimum atomic E-state index is 0.00633. The normalized spacial score (nSPS) is 11.0. The van der Waals surface area contributed by atoms with Crippen LogP contribution in [0.25, 0.3) is 10.9 Å². The molecule has 3 rings (SSSR count). The number of aromatic hydroxyl groups is 1. The van der Waals surface area contributed by atoms with Gasteiger partial charge in [-0.15, -0.1) is 16.8 Å². The molecule has 0 saturated heterocycles. The quantitative estimate of drug-likeness (QED) is 0.297. The number of hydrogen-bond donors (Lipinski definition) is 2. The number of hydrogen-bond acceptors (Lipinski definition) is 4. The highest BCUT2D eigenvalue weighted by atomic mass is 79.9. The second-order valence-electron chi connectivity index (χ2n) is 5.56. The van der Waals surface area contributed by atoms with Crippen LogP contribution in [0.5, 0.6) is 11.6 Å². The molecule has 1 aromatic heterocycles. The Hall–Kier alpha value is -2.71. The fourth-order valence-electron chi connectivity index (χ4n) is 2.69. The SMILES string of the molecule is C=CCn1c(O)c(N=NC(=S)Nc2ccccc2OC)c2cc(Br)ccc21. The summed E-state index contributed by atoms with van der Waals surface area (Å²) in [6, 6.07) is 13.0. The van der Waals surface area contributed by atoms with Crippen molar-refractivity contribution in [3.8, 4) is 11.6 Å². The van der Waals surface area contributed by atoms with Crippen LogP contribution in [0.4, 0.5) is 11.4 Å². The molecule has 0 bridgehead atoms. The summed E-state index contributed by atoms with van der Waals surface area (Å²) in [6.07, 6.45) is 1.70. The van der Waals surface area contributed by atoms with E-state index in [-0.39, 0.29) is 11.0 Å². The van der Waals surface area contributed by atoms with Crippen molar-refractivity contribution in [3.05, 3.63) is 59.6 Å². The van der Waals surface area contributed by atoms with E-state index in [4.69, 9.17) is 17.0 Å². The Morgan fingerprint density at radius 3 is 2.89 bits per heavy atom. The maximum absolute atomic E-state index is 10.6. The molecule has 0 aliphatic carbocycles. The summed E-state index contributed by atoms with van der Waals surface area (Å²) in [5.41, 5.74) is 1.86. The molecule has 2 aromatic carbocycles. The van der Waals surface area contributed by atoms with Gasteiger partial charge < -0.3 is 19.7 Å². The summed E-state index contributed by atoms with van der Waals surface area (Å²) < 4.78 is 7.86. The third kappa shape index (κ3) is 4.01. The summed E-state index contributed by atoms with van der Waals surface area (Å²) in [5, 5.41) is 22.7. The minimum Gasteiger partial charge on any atom is -0.495 e. The molecule has 3 aromatic rings. The van der Waals surface area contributed by atoms with E-state index in [0.717, 1.165) is 15.4 Å². The molecule has 2 N–H and O–H groups in total. The molecule has 6 nitrogen and oxygen atoms in total. The largest absolute Gasteiger partial charge is 0.495 e. The van der Waals surface area contributed by atoms with Crippen LogP contribution in [0.15, 0.2) is 69.8 Å². The van der Waals surface area contributed by atoms with E-state index < -0.39 is 0 Å². The molecular formula is C19H17BrN4O2S. The van der Waals surface area contributed by atoms with Gasteiger partial charge in [-0.2, -0.15) is 0 Å². The molecule has 0 fully saturated rings. The molecule has 0 spiro atoms. The van der Waals surface area contributed by atoms with E-state index in [1.807, 2.05) is 42.5 Å². The number of rotatable bonds is 5. The molecule has 1 heterocycles. The molecule has 0 radical (unpaired) electrons. The van der Waals surface area contributed by atoms with Crippen LogP contribution in [0.1, 0.15) is 0 Å². The van der Waals surface area contributed by atoms with Gasteiger partial charge in [0.05, 0.1) is 18.3 Å². The maximum atomic E-state index is 10.6. The van der Waals surface area contributed by atoms with Gasteiger partial charge in [0, 0.05) is 16.4 Å². The molecule has 0 unspecified atom stereocenters. The van der Waals surface area contributed by atoms with Gasteiger partial charge in [-0.3, -0.25) is 0 Å². The van der Waals surface area contributed by atoms with Gasteiger partial charge in [-0.1, -0.05) is 34.1 Å². The third-order valence-electron chi connectivity index (χ3n) is 3.87. The van der Waals surface area contributed by atoms with E-state index >= 15 is 0 Å². The maximum Gasteiger partial charge on any atom is 0.221 e. The van der Waals surface area contributed by atoms with Gasteiger partial charge in [-0.05, 0) is 42.5 Å². The number of aromatic nitrogens is 1. The van der Waals surface area contributed by atoms with Crippen LogP contribution in [-0.2, 0) is 6.54 Å². The van der Waals surface area contributed by atoms with Crippen LogP contribution >= 0.6 is 28.1 Å². The molecule has 0 aliphatic rings. The predicted molar refractivity (Wildman–Crippen MR) is 115 cm³/mol. The number of anilines is 1. The fraction of sp³-hybridized carbons (Fsp3) is 0.105. The molecule has 0 atom stereocenters. The number of allylic oxidation sites excluding steroid dienone is 1. The Morgan fingerprint density at radius 1 is 1.37 bits per heavy atom. The lowest BCUT2D eigenvalue weighted by atomic mass is 10.2. The van der Waals surface area contributed by atoms with Crippen molar-refractivity contribution < 1.29 is 9.84 Å². The smallest absolute Gasteiger partial charge is 0.221 e. The number of fused-ring (bicyclic) bond motifs is 1. The van der Waals surface area contributed by atoms with Crippen molar-refractivity contribution in [2.24, 2.45) is 10.2 Å². The number of nitrogens with zero attached hydrogens (tertiary/aromatic N) is 3. The van der Waals surface area contributed by atoms with Crippen molar-refractivity contribution in [3.63, 3.8) is 0 Å². The summed E-state index contributed by atoms with van der Waals surface area (Å²) in [5.74, 6) is 0.649. The Balaban J connectivity index is 1.93. The van der Waals surface area contributed by atoms with Crippen molar-refractivity contribution in [1.29, 1.82) is 0 Å². The predicted octanol–water partition coefficient (Wildman–Crippen LogP) is 5.78. The first kappa shape index (κ1) is 19.1. The lowest BCUT2D eigenvalue weighted by Crippen LogP contribution is -2.06. The summed E-state index contributed by atoms with van der Waals surface area (Å²) in [6.45, 7) is 4.18. The van der Waals surface area contributed by atoms with E-state index in [1.54, 1.807) is 17.8 Å². The third-order valence-corrected chi connectivity index (χ3v) is 4.55. The zero-order valence-electron chi connectivity index (χ0n) is 14.5. The fourth-order valence-corrected chi connectivity index (χ4v) is 3.20. The number of methoxy groups -OCH3 is 1. The first-order valence-corrected chi connectivity index (χ1v) is 9.22. The first-order chi connectivity index (χ1) is 13.0. The van der Waals surface area contributed by atoms with Crippen LogP contribution in [0, 0.1) is 0 Å². The van der Waals surface area contributed by atoms with Gasteiger partial charge in [0.15, 0.2) is 5.69 Å². The van der Waals surface area contributed by atoms with Crippen molar-refractivity contribution in [2.45, 2.75) is 6.54 Å². The molecule has 138 valence electrons. The van der Waals surface area contributed by atoms with E-state index in [0.29, 0.717) is 23.7 Å². The second-order valence-corrected chi connectivity index (χ2v) is 6.87. The number of para-hydroxylation sites is 2. The lowest BCUT2D eigenvalue weighted by Gasteiger charge is -2.08. The van der Waals surface area contributed by atoms with Gasteiger partial charge in [-0.25, -0.2) is 0 Å². The zero-order valence-corrected chi connectivity index (χ0v) is 16.9. The Morgan fingerprint density at radius 2 is 2.15 bits per heavy atom. The van der Waals surface area contributed by atoms with Crippen molar-refractivity contribution in [2.75, 3.05) is 12.4 Å². The van der Waals surface area contributed by atoms with Gasteiger partial charge in [0.25, 0.3) is 0 Å². The van der Waals surface area contributed by atoms with Gasteiger partial charge in [0.2, 0.25) is 11.0 Å². The number of halogens is 1. The highest BCUT2D eigenvalue weighted by molar-refractivity contribution is 9.10. The monoisotopic (exact) mass is 444 g/mol. The highest BCUT2D eigenvalue weighted by Crippen LogP contribution is 2.40. The summed E-state index contributed by atoms with van der Waals surface area (Å²) in [7, 11) is 1.58. The molecule has 0 aliphatic heterocycles. The molecule has 27 heavy (non-hydrogen) atoms. The van der Waals surface area contributed by atoms with E-state index in [9.17, 15) is 5.11 Å². The van der Waals surface area contributed by atoms with Crippen molar-refractivity contribution in [1.82, 2.24) is 4.57 Å². The number of benzene rings is 2. The topological polar surface area (TPSA) is 71.1 Å². The standard InChI is InChI=1S/C19H17BrN4O2S/c1-3-10-24-15-9-8-12(20)11-13(15)17(18(24)25)22-23-19(27)21-14-6-4-5-7-16(14)26-2/h3-9,11,25H,1,10H2,2H3,(H,21,27). The Labute approximate surface area is 170 Å². The Bertz CT molecular complexity index is 1050. The number of ether oxygens (including phenoxy) is 1. The Kier molecular flexibility index (Phi) is 5.88. The minimum absolute atomic E-state index is 0.00633. The van der Waals surface area contributed by atoms with Gasteiger partial charge >= 0.3 is 0 Å². The number of nitrogens with one attached hydrogen (secondary N) is 1. The second kappa shape index (κ2) is 8.32. The highest BCUT2D eigenvalue weighted by Gasteiger charge is 2.16. The van der Waals surface area contributed by atoms with Crippen LogP contribution in [0.3, 0.4) is 0 Å². The lowest BCUT2D eigenvalue weighted by molar-refractivity contribution is 0.417. The molecule has 0 saturated carbocycles. The molecule has 8 heteroatoms. The molecular weight excluding hydrogens is 428 g/mol. The van der Waals surface area contributed by atoms with Crippen LogP contribution in [-0.4, -0.2) is 21.9 Å². The summed E-state index contributed by atoms with van der Waals surface area (Å²) in [4.78, 5) is 0. The van der Waals surface area contributed by atoms with E-state index in [1.165, 1.54) is 0 Å². The average molecular weight is 445 g/mol. The number of thiocarbonyl (C=S) groups is 1. The van der Waals surface area contributed by atoms with Crippen molar-refractivity contribution >= 4 is 55.5 Å². The number of azo groups is 1. The summed E-state index contributed by atoms with van der Waals surface area (Å²) >= 11 is 8.70. The van der Waals surface area contributed by atoms with Gasteiger partial charge in [0.1, 0.15) is 5.75 Å². The zero-order chi connectivity index (χ0) is 19.4. The average Bonchev–Trinajstić information content (AvgIpc) is 2.91. The first-order valence-electron chi connectivity index (χ1n) is 8.02.